The number of esters is 1. The van der Waals surface area contributed by atoms with Crippen molar-refractivity contribution in [2.75, 3.05) is 19.5 Å². The zero-order chi connectivity index (χ0) is 13.8. The molecule has 0 atom stereocenters. The van der Waals surface area contributed by atoms with Gasteiger partial charge in [-0.2, -0.15) is 0 Å². The van der Waals surface area contributed by atoms with E-state index in [1.807, 2.05) is 0 Å². The maximum Gasteiger partial charge on any atom is 0.349 e. The second-order valence-electron chi connectivity index (χ2n) is 3.49. The molecular formula is C12H11ClN2O3S. The van der Waals surface area contributed by atoms with E-state index in [0.717, 1.165) is 0 Å². The van der Waals surface area contributed by atoms with Crippen molar-refractivity contribution in [2.45, 2.75) is 0 Å². The Balaban J connectivity index is 2.21. The van der Waals surface area contributed by atoms with Gasteiger partial charge in [0.15, 0.2) is 5.13 Å². The fourth-order valence-corrected chi connectivity index (χ4v) is 2.28. The number of hydrogen-bond donors (Lipinski definition) is 1. The monoisotopic (exact) mass is 298 g/mol. The van der Waals surface area contributed by atoms with Crippen molar-refractivity contribution in [3.05, 3.63) is 34.3 Å². The van der Waals surface area contributed by atoms with Gasteiger partial charge in [-0.3, -0.25) is 0 Å². The number of carbonyl (C=O) groups excluding carboxylic acids is 1. The number of benzene rings is 1. The Bertz CT molecular complexity index is 600. The van der Waals surface area contributed by atoms with Crippen LogP contribution in [0.5, 0.6) is 5.75 Å². The zero-order valence-corrected chi connectivity index (χ0v) is 11.8. The average Bonchev–Trinajstić information content (AvgIpc) is 2.89. The van der Waals surface area contributed by atoms with E-state index < -0.39 is 5.97 Å². The van der Waals surface area contributed by atoms with Gasteiger partial charge in [0.2, 0.25) is 0 Å². The van der Waals surface area contributed by atoms with Crippen molar-refractivity contribution >= 4 is 39.7 Å². The fourth-order valence-electron chi connectivity index (χ4n) is 1.37. The first-order chi connectivity index (χ1) is 9.13. The predicted octanol–water partition coefficient (Wildman–Crippen LogP) is 3.34. The van der Waals surface area contributed by atoms with Crippen LogP contribution in [0.25, 0.3) is 0 Å². The van der Waals surface area contributed by atoms with E-state index in [1.165, 1.54) is 24.6 Å². The predicted molar refractivity (Wildman–Crippen MR) is 74.7 cm³/mol. The third-order valence-electron chi connectivity index (χ3n) is 2.31. The number of methoxy groups -OCH3 is 2. The molecule has 0 aliphatic carbocycles. The van der Waals surface area contributed by atoms with Crippen molar-refractivity contribution < 1.29 is 14.3 Å². The van der Waals surface area contributed by atoms with Crippen LogP contribution in [0.1, 0.15) is 9.67 Å². The highest BCUT2D eigenvalue weighted by atomic mass is 35.5. The molecular weight excluding hydrogens is 288 g/mol. The largest absolute Gasteiger partial charge is 0.497 e. The number of hydrogen-bond acceptors (Lipinski definition) is 6. The van der Waals surface area contributed by atoms with Crippen LogP contribution in [-0.4, -0.2) is 25.2 Å². The van der Waals surface area contributed by atoms with Crippen molar-refractivity contribution in [2.24, 2.45) is 0 Å². The first kappa shape index (κ1) is 13.6. The van der Waals surface area contributed by atoms with E-state index >= 15 is 0 Å². The van der Waals surface area contributed by atoms with Crippen LogP contribution < -0.4 is 10.1 Å². The van der Waals surface area contributed by atoms with E-state index in [9.17, 15) is 4.79 Å². The number of thiazole rings is 1. The van der Waals surface area contributed by atoms with Crippen molar-refractivity contribution in [1.82, 2.24) is 4.98 Å². The average molecular weight is 299 g/mol. The van der Waals surface area contributed by atoms with E-state index in [0.29, 0.717) is 26.5 Å². The van der Waals surface area contributed by atoms with E-state index in [2.05, 4.69) is 15.0 Å². The Kier molecular flexibility index (Phi) is 4.24. The molecule has 0 bridgehead atoms. The Labute approximate surface area is 119 Å². The van der Waals surface area contributed by atoms with E-state index in [1.54, 1.807) is 25.3 Å². The normalized spacial score (nSPS) is 10.1. The lowest BCUT2D eigenvalue weighted by atomic mass is 10.3. The van der Waals surface area contributed by atoms with Crippen molar-refractivity contribution in [3.63, 3.8) is 0 Å². The van der Waals surface area contributed by atoms with Gasteiger partial charge in [-0.25, -0.2) is 9.78 Å². The number of ether oxygens (including phenoxy) is 2. The molecule has 19 heavy (non-hydrogen) atoms. The molecule has 0 spiro atoms. The van der Waals surface area contributed by atoms with Crippen LogP contribution in [0.15, 0.2) is 24.4 Å². The number of carbonyl (C=O) groups is 1. The second-order valence-corrected chi connectivity index (χ2v) is 4.93. The Morgan fingerprint density at radius 2 is 2.21 bits per heavy atom. The number of anilines is 2. The lowest BCUT2D eigenvalue weighted by Gasteiger charge is -2.07. The summed E-state index contributed by atoms with van der Waals surface area (Å²) in [6, 6.07) is 5.23. The Morgan fingerprint density at radius 3 is 2.89 bits per heavy atom. The summed E-state index contributed by atoms with van der Waals surface area (Å²) in [6.45, 7) is 0. The van der Waals surface area contributed by atoms with E-state index in [4.69, 9.17) is 16.3 Å². The minimum absolute atomic E-state index is 0.415. The van der Waals surface area contributed by atoms with Crippen LogP contribution in [0, 0.1) is 0 Å². The van der Waals surface area contributed by atoms with Crippen LogP contribution in [0.2, 0.25) is 5.02 Å². The molecule has 0 aliphatic heterocycles. The molecule has 1 aromatic carbocycles. The molecule has 7 heteroatoms. The lowest BCUT2D eigenvalue weighted by molar-refractivity contribution is 0.0606. The standard InChI is InChI=1S/C12H11ClN2O3S/c1-17-7-3-4-8(13)9(5-7)15-12-14-6-10(19-12)11(16)18-2/h3-6H,1-2H3,(H,14,15). The summed E-state index contributed by atoms with van der Waals surface area (Å²) in [7, 11) is 2.90. The Hall–Kier alpha value is -1.79. The van der Waals surface area contributed by atoms with Gasteiger partial charge in [0.1, 0.15) is 10.6 Å². The third kappa shape index (κ3) is 3.15. The fraction of sp³-hybridized carbons (Fsp3) is 0.167. The summed E-state index contributed by atoms with van der Waals surface area (Å²) in [5, 5.41) is 4.12. The maximum absolute atomic E-state index is 11.3. The van der Waals surface area contributed by atoms with Crippen molar-refractivity contribution in [3.8, 4) is 5.75 Å². The molecule has 5 nitrogen and oxygen atoms in total. The van der Waals surface area contributed by atoms with Gasteiger partial charge in [0, 0.05) is 6.07 Å². The summed E-state index contributed by atoms with van der Waals surface area (Å²) in [6.07, 6.45) is 1.45. The van der Waals surface area contributed by atoms with Gasteiger partial charge in [-0.1, -0.05) is 22.9 Å². The van der Waals surface area contributed by atoms with Gasteiger partial charge in [0.25, 0.3) is 0 Å². The third-order valence-corrected chi connectivity index (χ3v) is 3.53. The summed E-state index contributed by atoms with van der Waals surface area (Å²) >= 11 is 7.25. The molecule has 1 heterocycles. The highest BCUT2D eigenvalue weighted by Gasteiger charge is 2.11. The summed E-state index contributed by atoms with van der Waals surface area (Å²) < 4.78 is 9.74. The molecule has 0 saturated heterocycles. The molecule has 0 radical (unpaired) electrons. The number of aromatic nitrogens is 1. The number of nitrogens with one attached hydrogen (secondary N) is 1. The summed E-state index contributed by atoms with van der Waals surface area (Å²) in [5.74, 6) is 0.263. The van der Waals surface area contributed by atoms with Gasteiger partial charge in [0.05, 0.1) is 31.1 Å². The number of halogens is 1. The summed E-state index contributed by atoms with van der Waals surface area (Å²) in [5.41, 5.74) is 0.659. The molecule has 0 saturated carbocycles. The Morgan fingerprint density at radius 1 is 1.42 bits per heavy atom. The molecule has 0 amide bonds. The van der Waals surface area contributed by atoms with Crippen LogP contribution in [-0.2, 0) is 4.74 Å². The SMILES string of the molecule is COC(=O)c1cnc(Nc2cc(OC)ccc2Cl)s1. The van der Waals surface area contributed by atoms with Gasteiger partial charge in [-0.15, -0.1) is 0 Å². The quantitative estimate of drug-likeness (QED) is 0.877. The zero-order valence-electron chi connectivity index (χ0n) is 10.3. The molecule has 1 N–H and O–H groups in total. The van der Waals surface area contributed by atoms with Crippen LogP contribution >= 0.6 is 22.9 Å². The highest BCUT2D eigenvalue weighted by Crippen LogP contribution is 2.31. The number of rotatable bonds is 4. The molecule has 100 valence electrons. The van der Waals surface area contributed by atoms with Crippen LogP contribution in [0.4, 0.5) is 10.8 Å². The van der Waals surface area contributed by atoms with E-state index in [-0.39, 0.29) is 0 Å². The molecule has 0 unspecified atom stereocenters. The summed E-state index contributed by atoms with van der Waals surface area (Å²) in [4.78, 5) is 15.8. The lowest BCUT2D eigenvalue weighted by Crippen LogP contribution is -1.96. The first-order valence-electron chi connectivity index (χ1n) is 5.28. The molecule has 2 rings (SSSR count). The van der Waals surface area contributed by atoms with Crippen molar-refractivity contribution in [1.29, 1.82) is 0 Å². The van der Waals surface area contributed by atoms with Crippen LogP contribution in [0.3, 0.4) is 0 Å². The minimum atomic E-state index is -0.415. The molecule has 0 aliphatic rings. The minimum Gasteiger partial charge on any atom is -0.497 e. The van der Waals surface area contributed by atoms with Gasteiger partial charge >= 0.3 is 5.97 Å². The van der Waals surface area contributed by atoms with Gasteiger partial charge < -0.3 is 14.8 Å². The molecule has 2 aromatic rings. The first-order valence-corrected chi connectivity index (χ1v) is 6.48. The highest BCUT2D eigenvalue weighted by molar-refractivity contribution is 7.17. The topological polar surface area (TPSA) is 60.5 Å². The van der Waals surface area contributed by atoms with Gasteiger partial charge in [-0.05, 0) is 12.1 Å². The molecule has 1 aromatic heterocycles. The number of nitrogens with zero attached hydrogens (tertiary/aromatic N) is 1. The second kappa shape index (κ2) is 5.90. The smallest absolute Gasteiger partial charge is 0.349 e. The molecule has 0 fully saturated rings. The maximum atomic E-state index is 11.3.